The number of piperazine rings is 1. The lowest BCUT2D eigenvalue weighted by atomic mass is 10.2. The minimum absolute atomic E-state index is 0.412. The summed E-state index contributed by atoms with van der Waals surface area (Å²) in [5.41, 5.74) is 1.12. The zero-order valence-corrected chi connectivity index (χ0v) is 12.4. The summed E-state index contributed by atoms with van der Waals surface area (Å²) in [4.78, 5) is 12.0. The summed E-state index contributed by atoms with van der Waals surface area (Å²) in [6.07, 6.45) is -4.32. The predicted molar refractivity (Wildman–Crippen MR) is 78.0 cm³/mol. The van der Waals surface area contributed by atoms with Crippen LogP contribution in [0.3, 0.4) is 0 Å². The number of halogens is 3. The van der Waals surface area contributed by atoms with Crippen molar-refractivity contribution in [1.82, 2.24) is 10.0 Å². The fraction of sp³-hybridized carbons (Fsp3) is 0.357. The van der Waals surface area contributed by atoms with Crippen LogP contribution in [0.25, 0.3) is 0 Å². The molecule has 1 aromatic heterocycles. The molecule has 2 aromatic rings. The van der Waals surface area contributed by atoms with E-state index in [1.807, 2.05) is 5.38 Å². The van der Waals surface area contributed by atoms with E-state index in [9.17, 15) is 13.2 Å². The van der Waals surface area contributed by atoms with E-state index in [-0.39, 0.29) is 0 Å². The van der Waals surface area contributed by atoms with Crippen molar-refractivity contribution < 1.29 is 18.0 Å². The van der Waals surface area contributed by atoms with Gasteiger partial charge in [0.05, 0.1) is 24.2 Å². The maximum absolute atomic E-state index is 12.5. The van der Waals surface area contributed by atoms with Crippen molar-refractivity contribution in [3.63, 3.8) is 0 Å². The average molecular weight is 329 g/mol. The molecule has 1 aliphatic heterocycles. The molecule has 1 aliphatic rings. The molecule has 0 N–H and O–H groups in total. The lowest BCUT2D eigenvalue weighted by Crippen LogP contribution is -2.47. The SMILES string of the molecule is FC(F)(F)c1ccc(ON2CCN(c3cscn3)CC2)cc1. The molecule has 8 heteroatoms. The molecule has 0 unspecified atom stereocenters. The first-order valence-corrected chi connectivity index (χ1v) is 7.70. The van der Waals surface area contributed by atoms with E-state index < -0.39 is 11.7 Å². The minimum Gasteiger partial charge on any atom is -0.406 e. The van der Waals surface area contributed by atoms with Crippen molar-refractivity contribution in [2.24, 2.45) is 0 Å². The largest absolute Gasteiger partial charge is 0.416 e. The summed E-state index contributed by atoms with van der Waals surface area (Å²) < 4.78 is 37.5. The Morgan fingerprint density at radius 3 is 2.27 bits per heavy atom. The molecule has 3 rings (SSSR count). The topological polar surface area (TPSA) is 28.6 Å². The molecule has 0 amide bonds. The second-order valence-corrected chi connectivity index (χ2v) is 5.59. The van der Waals surface area contributed by atoms with Crippen LogP contribution in [0.5, 0.6) is 5.75 Å². The second-order valence-electron chi connectivity index (χ2n) is 4.88. The Kier molecular flexibility index (Phi) is 4.21. The maximum atomic E-state index is 12.5. The number of anilines is 1. The van der Waals surface area contributed by atoms with Gasteiger partial charge in [-0.3, -0.25) is 0 Å². The quantitative estimate of drug-likeness (QED) is 0.864. The summed E-state index contributed by atoms with van der Waals surface area (Å²) in [5, 5.41) is 3.75. The Hall–Kier alpha value is -1.80. The van der Waals surface area contributed by atoms with Crippen LogP contribution in [0.1, 0.15) is 5.56 Å². The van der Waals surface area contributed by atoms with Crippen LogP contribution in [0.2, 0.25) is 0 Å². The molecule has 0 spiro atoms. The Bertz CT molecular complexity index is 593. The number of hydrogen-bond donors (Lipinski definition) is 0. The third kappa shape index (κ3) is 3.50. The molecule has 0 bridgehead atoms. The summed E-state index contributed by atoms with van der Waals surface area (Å²) in [6.45, 7) is 2.87. The van der Waals surface area contributed by atoms with E-state index in [2.05, 4.69) is 9.88 Å². The van der Waals surface area contributed by atoms with Gasteiger partial charge in [-0.1, -0.05) is 0 Å². The third-order valence-electron chi connectivity index (χ3n) is 3.40. The van der Waals surface area contributed by atoms with Crippen LogP contribution in [0.15, 0.2) is 35.2 Å². The van der Waals surface area contributed by atoms with E-state index in [0.717, 1.165) is 31.0 Å². The first-order valence-electron chi connectivity index (χ1n) is 6.76. The van der Waals surface area contributed by atoms with Crippen LogP contribution in [0.4, 0.5) is 19.0 Å². The molecular weight excluding hydrogens is 315 g/mol. The molecular formula is C14H14F3N3OS. The van der Waals surface area contributed by atoms with Crippen LogP contribution < -0.4 is 9.74 Å². The number of rotatable bonds is 3. The summed E-state index contributed by atoms with van der Waals surface area (Å²) >= 11 is 1.55. The molecule has 1 fully saturated rings. The molecule has 1 saturated heterocycles. The third-order valence-corrected chi connectivity index (χ3v) is 3.97. The molecule has 0 radical (unpaired) electrons. The van der Waals surface area contributed by atoms with Gasteiger partial charge >= 0.3 is 6.18 Å². The second kappa shape index (κ2) is 6.13. The van der Waals surface area contributed by atoms with Crippen LogP contribution in [-0.2, 0) is 6.18 Å². The average Bonchev–Trinajstić information content (AvgIpc) is 3.02. The molecule has 0 aliphatic carbocycles. The number of thiazole rings is 1. The van der Waals surface area contributed by atoms with Crippen molar-refractivity contribution in [2.75, 3.05) is 31.1 Å². The van der Waals surface area contributed by atoms with Crippen molar-refractivity contribution >= 4 is 17.2 Å². The molecule has 118 valence electrons. The normalized spacial score (nSPS) is 16.8. The van der Waals surface area contributed by atoms with Gasteiger partial charge in [-0.25, -0.2) is 4.98 Å². The molecule has 0 atom stereocenters. The molecule has 2 heterocycles. The van der Waals surface area contributed by atoms with Crippen LogP contribution in [-0.4, -0.2) is 36.2 Å². The Balaban J connectivity index is 1.54. The van der Waals surface area contributed by atoms with Gasteiger partial charge in [0.1, 0.15) is 11.6 Å². The summed E-state index contributed by atoms with van der Waals surface area (Å²) in [5.74, 6) is 1.37. The van der Waals surface area contributed by atoms with Crippen LogP contribution in [0, 0.1) is 0 Å². The van der Waals surface area contributed by atoms with E-state index in [1.54, 1.807) is 21.9 Å². The zero-order valence-electron chi connectivity index (χ0n) is 11.6. The van der Waals surface area contributed by atoms with Gasteiger partial charge in [-0.05, 0) is 24.3 Å². The first kappa shape index (κ1) is 15.1. The van der Waals surface area contributed by atoms with Gasteiger partial charge in [0.15, 0.2) is 0 Å². The monoisotopic (exact) mass is 329 g/mol. The van der Waals surface area contributed by atoms with Crippen molar-refractivity contribution in [3.05, 3.63) is 40.7 Å². The maximum Gasteiger partial charge on any atom is 0.416 e. The van der Waals surface area contributed by atoms with Gasteiger partial charge in [0.2, 0.25) is 0 Å². The Morgan fingerprint density at radius 2 is 1.73 bits per heavy atom. The number of hydrogen-bond acceptors (Lipinski definition) is 5. The van der Waals surface area contributed by atoms with Crippen LogP contribution >= 0.6 is 11.3 Å². The molecule has 1 aromatic carbocycles. The highest BCUT2D eigenvalue weighted by molar-refractivity contribution is 7.07. The fourth-order valence-corrected chi connectivity index (χ4v) is 2.79. The van der Waals surface area contributed by atoms with E-state index in [0.29, 0.717) is 18.8 Å². The van der Waals surface area contributed by atoms with Gasteiger partial charge in [-0.2, -0.15) is 13.2 Å². The number of hydroxylamine groups is 2. The zero-order chi connectivity index (χ0) is 15.6. The van der Waals surface area contributed by atoms with Crippen molar-refractivity contribution in [1.29, 1.82) is 0 Å². The highest BCUT2D eigenvalue weighted by Gasteiger charge is 2.30. The predicted octanol–water partition coefficient (Wildman–Crippen LogP) is 3.28. The van der Waals surface area contributed by atoms with Gasteiger partial charge in [-0.15, -0.1) is 16.4 Å². The van der Waals surface area contributed by atoms with Crippen molar-refractivity contribution in [2.45, 2.75) is 6.18 Å². The molecule has 4 nitrogen and oxygen atoms in total. The van der Waals surface area contributed by atoms with Crippen molar-refractivity contribution in [3.8, 4) is 5.75 Å². The minimum atomic E-state index is -4.32. The molecule has 0 saturated carbocycles. The number of alkyl halides is 3. The van der Waals surface area contributed by atoms with E-state index in [1.165, 1.54) is 12.1 Å². The first-order chi connectivity index (χ1) is 10.5. The smallest absolute Gasteiger partial charge is 0.406 e. The summed E-state index contributed by atoms with van der Waals surface area (Å²) in [6, 6.07) is 4.74. The number of aromatic nitrogens is 1. The van der Waals surface area contributed by atoms with E-state index >= 15 is 0 Å². The lowest BCUT2D eigenvalue weighted by molar-refractivity contribution is -0.137. The van der Waals surface area contributed by atoms with Gasteiger partial charge < -0.3 is 9.74 Å². The highest BCUT2D eigenvalue weighted by Crippen LogP contribution is 2.30. The summed E-state index contributed by atoms with van der Waals surface area (Å²) in [7, 11) is 0. The van der Waals surface area contributed by atoms with E-state index in [4.69, 9.17) is 4.84 Å². The number of benzene rings is 1. The molecule has 22 heavy (non-hydrogen) atoms. The van der Waals surface area contributed by atoms with Gasteiger partial charge in [0.25, 0.3) is 0 Å². The Labute approximate surface area is 129 Å². The Morgan fingerprint density at radius 1 is 1.05 bits per heavy atom. The highest BCUT2D eigenvalue weighted by atomic mass is 32.1. The van der Waals surface area contributed by atoms with Gasteiger partial charge in [0, 0.05) is 18.5 Å². The lowest BCUT2D eigenvalue weighted by Gasteiger charge is -2.34. The number of nitrogens with zero attached hydrogens (tertiary/aromatic N) is 3. The standard InChI is InChI=1S/C14H14F3N3OS/c15-14(16,17)11-1-3-12(4-2-11)21-20-7-5-19(6-8-20)13-9-22-10-18-13/h1-4,9-10H,5-8H2. The fourth-order valence-electron chi connectivity index (χ4n) is 2.22.